The van der Waals surface area contributed by atoms with Crippen molar-refractivity contribution in [1.82, 2.24) is 9.97 Å². The largest absolute Gasteiger partial charge is 0.480 e. The molecule has 6 heteroatoms. The number of halogens is 2. The van der Waals surface area contributed by atoms with Crippen LogP contribution < -0.4 is 4.74 Å². The number of rotatable bonds is 5. The van der Waals surface area contributed by atoms with Gasteiger partial charge < -0.3 is 4.74 Å². The molecular formula is C9H12BrClN2OS. The van der Waals surface area contributed by atoms with Gasteiger partial charge in [-0.1, -0.05) is 18.7 Å². The maximum atomic E-state index is 5.72. The Balaban J connectivity index is 2.62. The summed E-state index contributed by atoms with van der Waals surface area (Å²) in [6, 6.07) is 0. The smallest absolute Gasteiger partial charge is 0.231 e. The highest BCUT2D eigenvalue weighted by atomic mass is 79.9. The van der Waals surface area contributed by atoms with Gasteiger partial charge in [-0.25, -0.2) is 4.98 Å². The van der Waals surface area contributed by atoms with E-state index in [1.165, 1.54) is 0 Å². The number of alkyl halides is 1. The average Bonchev–Trinajstić information content (AvgIpc) is 2.27. The van der Waals surface area contributed by atoms with Gasteiger partial charge in [0.1, 0.15) is 0 Å². The summed E-state index contributed by atoms with van der Waals surface area (Å²) in [5.41, 5.74) is 0. The predicted octanol–water partition coefficient (Wildman–Crippen LogP) is 3.21. The van der Waals surface area contributed by atoms with Crippen molar-refractivity contribution in [3.63, 3.8) is 0 Å². The van der Waals surface area contributed by atoms with Crippen LogP contribution in [0.25, 0.3) is 0 Å². The van der Waals surface area contributed by atoms with Crippen molar-refractivity contribution in [3.05, 3.63) is 10.7 Å². The van der Waals surface area contributed by atoms with Crippen LogP contribution in [-0.2, 0) is 0 Å². The van der Waals surface area contributed by atoms with E-state index >= 15 is 0 Å². The second kappa shape index (κ2) is 6.55. The summed E-state index contributed by atoms with van der Waals surface area (Å²) in [6.07, 6.45) is 1.69. The Morgan fingerprint density at radius 3 is 3.00 bits per heavy atom. The first-order valence-corrected chi connectivity index (χ1v) is 6.74. The topological polar surface area (TPSA) is 35.0 Å². The Kier molecular flexibility index (Phi) is 5.71. The van der Waals surface area contributed by atoms with Gasteiger partial charge in [-0.2, -0.15) is 4.98 Å². The molecule has 0 spiro atoms. The lowest BCUT2D eigenvalue weighted by Crippen LogP contribution is -2.01. The summed E-state index contributed by atoms with van der Waals surface area (Å²) in [5.74, 6) is 2.58. The summed E-state index contributed by atoms with van der Waals surface area (Å²) in [7, 11) is 1.59. The van der Waals surface area contributed by atoms with Crippen molar-refractivity contribution in [1.29, 1.82) is 0 Å². The molecule has 0 aliphatic rings. The SMILES string of the molecule is COc1nc(SCC(C)CCl)ncc1Br. The van der Waals surface area contributed by atoms with Crippen molar-refractivity contribution in [2.24, 2.45) is 5.92 Å². The van der Waals surface area contributed by atoms with Gasteiger partial charge in [-0.15, -0.1) is 11.6 Å². The monoisotopic (exact) mass is 310 g/mol. The maximum absolute atomic E-state index is 5.72. The molecule has 1 heterocycles. The second-order valence-corrected chi connectivity index (χ2v) is 5.23. The van der Waals surface area contributed by atoms with Gasteiger partial charge in [0.2, 0.25) is 5.88 Å². The third kappa shape index (κ3) is 4.17. The van der Waals surface area contributed by atoms with Gasteiger partial charge in [0.15, 0.2) is 5.16 Å². The lowest BCUT2D eigenvalue weighted by Gasteiger charge is -2.07. The minimum Gasteiger partial charge on any atom is -0.480 e. The van der Waals surface area contributed by atoms with Gasteiger partial charge >= 0.3 is 0 Å². The lowest BCUT2D eigenvalue weighted by molar-refractivity contribution is 0.389. The third-order valence-electron chi connectivity index (χ3n) is 1.64. The fourth-order valence-corrected chi connectivity index (χ4v) is 2.23. The molecule has 0 aromatic carbocycles. The van der Waals surface area contributed by atoms with E-state index in [1.54, 1.807) is 25.1 Å². The summed E-state index contributed by atoms with van der Waals surface area (Å²) < 4.78 is 5.85. The van der Waals surface area contributed by atoms with E-state index in [4.69, 9.17) is 16.3 Å². The Hall–Kier alpha value is -0.000000000000000111. The standard InChI is InChI=1S/C9H12BrClN2OS/c1-6(3-11)5-15-9-12-4-7(10)8(13-9)14-2/h4,6H,3,5H2,1-2H3. The van der Waals surface area contributed by atoms with E-state index in [2.05, 4.69) is 32.8 Å². The zero-order valence-electron chi connectivity index (χ0n) is 8.54. The number of thioether (sulfide) groups is 1. The Labute approximate surface area is 107 Å². The number of nitrogens with zero attached hydrogens (tertiary/aromatic N) is 2. The van der Waals surface area contributed by atoms with Gasteiger partial charge in [0.05, 0.1) is 11.6 Å². The van der Waals surface area contributed by atoms with E-state index in [0.29, 0.717) is 22.8 Å². The Morgan fingerprint density at radius 2 is 2.40 bits per heavy atom. The first-order valence-electron chi connectivity index (χ1n) is 4.42. The fourth-order valence-electron chi connectivity index (χ4n) is 0.810. The van der Waals surface area contributed by atoms with Gasteiger partial charge in [-0.05, 0) is 21.8 Å². The zero-order valence-corrected chi connectivity index (χ0v) is 11.7. The fraction of sp³-hybridized carbons (Fsp3) is 0.556. The molecule has 1 atom stereocenters. The molecule has 1 rings (SSSR count). The van der Waals surface area contributed by atoms with E-state index in [9.17, 15) is 0 Å². The summed E-state index contributed by atoms with van der Waals surface area (Å²) in [5, 5.41) is 0.715. The van der Waals surface area contributed by atoms with Crippen LogP contribution in [0.5, 0.6) is 5.88 Å². The van der Waals surface area contributed by atoms with Crippen LogP contribution >= 0.6 is 39.3 Å². The van der Waals surface area contributed by atoms with Crippen molar-refractivity contribution < 1.29 is 4.74 Å². The quantitative estimate of drug-likeness (QED) is 0.475. The molecule has 0 radical (unpaired) electrons. The van der Waals surface area contributed by atoms with Crippen molar-refractivity contribution >= 4 is 39.3 Å². The van der Waals surface area contributed by atoms with Crippen LogP contribution in [0.4, 0.5) is 0 Å². The third-order valence-corrected chi connectivity index (χ3v) is 3.90. The summed E-state index contributed by atoms with van der Waals surface area (Å²) in [4.78, 5) is 8.41. The molecule has 0 amide bonds. The highest BCUT2D eigenvalue weighted by molar-refractivity contribution is 9.10. The molecule has 0 aliphatic carbocycles. The van der Waals surface area contributed by atoms with Gasteiger partial charge in [0.25, 0.3) is 0 Å². The van der Waals surface area contributed by atoms with Crippen LogP contribution in [0, 0.1) is 5.92 Å². The minimum absolute atomic E-state index is 0.454. The molecule has 1 unspecified atom stereocenters. The molecular weight excluding hydrogens is 300 g/mol. The molecule has 1 aromatic rings. The molecule has 84 valence electrons. The van der Waals surface area contributed by atoms with Crippen LogP contribution in [0.1, 0.15) is 6.92 Å². The van der Waals surface area contributed by atoms with E-state index in [-0.39, 0.29) is 0 Å². The molecule has 0 saturated carbocycles. The second-order valence-electron chi connectivity index (χ2n) is 3.08. The number of ether oxygens (including phenoxy) is 1. The van der Waals surface area contributed by atoms with Crippen LogP contribution in [0.3, 0.4) is 0 Å². The van der Waals surface area contributed by atoms with E-state index < -0.39 is 0 Å². The Bertz CT molecular complexity index is 327. The minimum atomic E-state index is 0.454. The summed E-state index contributed by atoms with van der Waals surface area (Å²) in [6.45, 7) is 2.09. The van der Waals surface area contributed by atoms with Crippen LogP contribution in [0.15, 0.2) is 15.8 Å². The summed E-state index contributed by atoms with van der Waals surface area (Å²) >= 11 is 10.6. The number of aromatic nitrogens is 2. The van der Waals surface area contributed by atoms with Gasteiger partial charge in [-0.3, -0.25) is 0 Å². The molecule has 0 aliphatic heterocycles. The average molecular weight is 312 g/mol. The number of methoxy groups -OCH3 is 1. The van der Waals surface area contributed by atoms with Crippen LogP contribution in [-0.4, -0.2) is 28.7 Å². The first kappa shape index (κ1) is 13.1. The maximum Gasteiger partial charge on any atom is 0.231 e. The molecule has 0 N–H and O–H groups in total. The molecule has 0 fully saturated rings. The molecule has 0 bridgehead atoms. The van der Waals surface area contributed by atoms with Gasteiger partial charge in [0, 0.05) is 17.8 Å². The Morgan fingerprint density at radius 1 is 1.67 bits per heavy atom. The number of hydrogen-bond donors (Lipinski definition) is 0. The van der Waals surface area contributed by atoms with Crippen molar-refractivity contribution in [2.45, 2.75) is 12.1 Å². The molecule has 0 saturated heterocycles. The van der Waals surface area contributed by atoms with Crippen LogP contribution in [0.2, 0.25) is 0 Å². The van der Waals surface area contributed by atoms with E-state index in [0.717, 1.165) is 10.2 Å². The highest BCUT2D eigenvalue weighted by Crippen LogP contribution is 2.25. The van der Waals surface area contributed by atoms with Crippen molar-refractivity contribution in [3.8, 4) is 5.88 Å². The molecule has 3 nitrogen and oxygen atoms in total. The highest BCUT2D eigenvalue weighted by Gasteiger charge is 2.07. The lowest BCUT2D eigenvalue weighted by atomic mass is 10.3. The predicted molar refractivity (Wildman–Crippen MR) is 66.9 cm³/mol. The van der Waals surface area contributed by atoms with Crippen molar-refractivity contribution in [2.75, 3.05) is 18.7 Å². The normalized spacial score (nSPS) is 12.5. The molecule has 15 heavy (non-hydrogen) atoms. The zero-order chi connectivity index (χ0) is 11.3. The van der Waals surface area contributed by atoms with E-state index in [1.807, 2.05) is 0 Å². The first-order chi connectivity index (χ1) is 7.17. The number of hydrogen-bond acceptors (Lipinski definition) is 4. The molecule has 1 aromatic heterocycles.